The van der Waals surface area contributed by atoms with Crippen molar-refractivity contribution >= 4 is 63.0 Å². The lowest BCUT2D eigenvalue weighted by atomic mass is 10.1. The van der Waals surface area contributed by atoms with Gasteiger partial charge in [-0.3, -0.25) is 38.0 Å². The molecule has 56 heavy (non-hydrogen) atoms. The van der Waals surface area contributed by atoms with Crippen LogP contribution in [0.5, 0.6) is 11.5 Å². The van der Waals surface area contributed by atoms with E-state index in [0.29, 0.717) is 47.4 Å². The molecule has 298 valence electrons. The molecular weight excluding hydrogens is 747 g/mol. The monoisotopic (exact) mass is 791 g/mol. The summed E-state index contributed by atoms with van der Waals surface area (Å²) in [7, 11) is -1.06. The highest BCUT2D eigenvalue weighted by Gasteiger charge is 2.36. The molecule has 16 nitrogen and oxygen atoms in total. The van der Waals surface area contributed by atoms with Gasteiger partial charge in [0.25, 0.3) is 16.0 Å². The first-order valence-corrected chi connectivity index (χ1v) is 19.7. The second-order valence-electron chi connectivity index (χ2n) is 13.5. The third kappa shape index (κ3) is 10.7. The first-order chi connectivity index (χ1) is 26.6. The van der Waals surface area contributed by atoms with E-state index in [4.69, 9.17) is 13.7 Å². The summed E-state index contributed by atoms with van der Waals surface area (Å²) < 4.78 is 44.9. The molecule has 0 radical (unpaired) electrons. The molecule has 2 heterocycles. The van der Waals surface area contributed by atoms with E-state index in [1.807, 2.05) is 24.3 Å². The maximum Gasteiger partial charge on any atom is 0.305 e. The average Bonchev–Trinajstić information content (AvgIpc) is 3.48. The number of aliphatic imine (C=N–C) groups is 1. The van der Waals surface area contributed by atoms with Gasteiger partial charge in [-0.25, -0.2) is 0 Å². The molecule has 0 aliphatic carbocycles. The van der Waals surface area contributed by atoms with E-state index in [2.05, 4.69) is 25.7 Å². The molecule has 2 aliphatic heterocycles. The van der Waals surface area contributed by atoms with Crippen LogP contribution in [0.15, 0.2) is 59.6 Å². The molecular formula is C39H45N5O11S. The zero-order valence-corrected chi connectivity index (χ0v) is 32.6. The highest BCUT2D eigenvalue weighted by molar-refractivity contribution is 7.85. The average molecular weight is 792 g/mol. The van der Waals surface area contributed by atoms with E-state index in [0.717, 1.165) is 17.5 Å². The van der Waals surface area contributed by atoms with Crippen LogP contribution in [-0.2, 0) is 57.9 Å². The number of nitrogens with zero attached hydrogens (tertiary/aromatic N) is 2. The number of hydrogen-bond donors (Lipinski definition) is 3. The number of carbonyl (C=O) groups is 5. The first-order valence-electron chi connectivity index (χ1n) is 17.9. The van der Waals surface area contributed by atoms with Gasteiger partial charge < -0.3 is 30.2 Å². The lowest BCUT2D eigenvalue weighted by Crippen LogP contribution is -2.50. The normalized spacial score (nSPS) is 15.3. The van der Waals surface area contributed by atoms with E-state index >= 15 is 0 Å². The van der Waals surface area contributed by atoms with Crippen LogP contribution >= 0.6 is 0 Å². The molecule has 0 saturated heterocycles. The zero-order valence-electron chi connectivity index (χ0n) is 31.7. The Kier molecular flexibility index (Phi) is 13.5. The number of unbranched alkanes of at least 4 members (excludes halogenated alkanes) is 1. The van der Waals surface area contributed by atoms with Gasteiger partial charge >= 0.3 is 5.97 Å². The quantitative estimate of drug-likeness (QED) is 0.102. The second kappa shape index (κ2) is 18.2. The van der Waals surface area contributed by atoms with Crippen molar-refractivity contribution in [3.05, 3.63) is 76.9 Å². The minimum Gasteiger partial charge on any atom is -0.493 e. The predicted octanol–water partition coefficient (Wildman–Crippen LogP) is 3.72. The number of carbonyl (C=O) groups excluding carboxylic acids is 5. The molecule has 0 fully saturated rings. The molecule has 3 N–H and O–H groups in total. The van der Waals surface area contributed by atoms with Crippen molar-refractivity contribution in [2.24, 2.45) is 4.99 Å². The van der Waals surface area contributed by atoms with Crippen LogP contribution < -0.4 is 30.3 Å². The van der Waals surface area contributed by atoms with Crippen LogP contribution in [0.3, 0.4) is 0 Å². The third-order valence-electron chi connectivity index (χ3n) is 9.07. The van der Waals surface area contributed by atoms with Crippen molar-refractivity contribution < 1.29 is 50.8 Å². The summed E-state index contributed by atoms with van der Waals surface area (Å²) >= 11 is 0. The van der Waals surface area contributed by atoms with Gasteiger partial charge in [0, 0.05) is 42.9 Å². The van der Waals surface area contributed by atoms with Crippen molar-refractivity contribution in [2.45, 2.75) is 77.3 Å². The zero-order chi connectivity index (χ0) is 40.6. The van der Waals surface area contributed by atoms with Crippen LogP contribution in [0.2, 0.25) is 0 Å². The van der Waals surface area contributed by atoms with E-state index in [1.165, 1.54) is 34.1 Å². The van der Waals surface area contributed by atoms with Gasteiger partial charge in [-0.15, -0.1) is 0 Å². The van der Waals surface area contributed by atoms with Gasteiger partial charge in [0.05, 0.1) is 44.4 Å². The number of anilines is 2. The summed E-state index contributed by atoms with van der Waals surface area (Å²) in [6, 6.07) is 13.5. The Morgan fingerprint density at radius 1 is 0.893 bits per heavy atom. The summed E-state index contributed by atoms with van der Waals surface area (Å²) in [6.45, 7) is 2.55. The molecule has 3 atom stereocenters. The summed E-state index contributed by atoms with van der Waals surface area (Å²) in [6.07, 6.45) is 4.50. The SMILES string of the molecule is COC(=O)CCCCC(=O)N[C@@H](C)C(=O)NC(C)C(=O)Nc1cc(COc2cc3c(cc2OC)C(=O)N2c4ccccc4C[C@H]2C=N3)cc(COS(C)(=O)=O)c1. The van der Waals surface area contributed by atoms with E-state index in [9.17, 15) is 32.4 Å². The Morgan fingerprint density at radius 3 is 2.30 bits per heavy atom. The molecule has 2 aliphatic rings. The van der Waals surface area contributed by atoms with Gasteiger partial charge in [0.1, 0.15) is 18.7 Å². The Morgan fingerprint density at radius 2 is 1.59 bits per heavy atom. The smallest absolute Gasteiger partial charge is 0.305 e. The number of rotatable bonds is 17. The van der Waals surface area contributed by atoms with Crippen molar-refractivity contribution in [1.29, 1.82) is 0 Å². The van der Waals surface area contributed by atoms with Gasteiger partial charge in [-0.05, 0) is 73.7 Å². The van der Waals surface area contributed by atoms with Crippen molar-refractivity contribution in [3.8, 4) is 11.5 Å². The summed E-state index contributed by atoms with van der Waals surface area (Å²) in [5.74, 6) is -1.57. The van der Waals surface area contributed by atoms with Crippen LogP contribution in [0.25, 0.3) is 0 Å². The fraction of sp³-hybridized carbons (Fsp3) is 0.385. The standard InChI is InChI=1S/C39H45N5O11S/c1-23(41-35(45)12-8-9-13-36(46)53-4)37(47)42-24(2)38(48)43-28-15-25(14-26(16-28)22-55-56(5,50)51)21-54-34-19-31-30(18-33(34)52-3)39(49)44-29(20-40-31)17-27-10-6-7-11-32(27)44/h6-7,10-11,14-16,18-20,23-24,29H,8-9,12-13,17,21-22H2,1-5H3,(H,41,45)(H,42,47)(H,43,48)/t23-,24?,29-/m0/s1. The van der Waals surface area contributed by atoms with Gasteiger partial charge in [-0.1, -0.05) is 18.2 Å². The maximum atomic E-state index is 13.8. The lowest BCUT2D eigenvalue weighted by molar-refractivity contribution is -0.140. The van der Waals surface area contributed by atoms with Gasteiger partial charge in [-0.2, -0.15) is 8.42 Å². The lowest BCUT2D eigenvalue weighted by Gasteiger charge is -2.22. The summed E-state index contributed by atoms with van der Waals surface area (Å²) in [5.41, 5.74) is 3.83. The Labute approximate surface area is 325 Å². The number of hydrogen-bond acceptors (Lipinski definition) is 12. The second-order valence-corrected chi connectivity index (χ2v) is 15.1. The summed E-state index contributed by atoms with van der Waals surface area (Å²) in [5, 5.41) is 7.87. The topological polar surface area (TPSA) is 208 Å². The number of methoxy groups -OCH3 is 2. The number of fused-ring (bicyclic) bond motifs is 4. The molecule has 17 heteroatoms. The van der Waals surface area contributed by atoms with Crippen LogP contribution in [-0.4, -0.2) is 82.8 Å². The van der Waals surface area contributed by atoms with E-state index in [-0.39, 0.29) is 61.3 Å². The third-order valence-corrected chi connectivity index (χ3v) is 9.61. The minimum absolute atomic E-state index is 0.0727. The molecule has 0 saturated carbocycles. The highest BCUT2D eigenvalue weighted by atomic mass is 32.2. The molecule has 3 aromatic rings. The fourth-order valence-electron chi connectivity index (χ4n) is 6.22. The molecule has 5 rings (SSSR count). The van der Waals surface area contributed by atoms with E-state index < -0.39 is 34.0 Å². The molecule has 0 aromatic heterocycles. The minimum atomic E-state index is -3.80. The summed E-state index contributed by atoms with van der Waals surface area (Å²) in [4.78, 5) is 69.7. The first kappa shape index (κ1) is 41.4. The molecule has 1 unspecified atom stereocenters. The van der Waals surface area contributed by atoms with Crippen LogP contribution in [0.1, 0.15) is 66.6 Å². The predicted molar refractivity (Wildman–Crippen MR) is 207 cm³/mol. The number of para-hydroxylation sites is 1. The molecule has 4 amide bonds. The Bertz CT molecular complexity index is 2140. The number of ether oxygens (including phenoxy) is 3. The Hall–Kier alpha value is -5.81. The number of amides is 4. The van der Waals surface area contributed by atoms with Crippen molar-refractivity contribution in [1.82, 2.24) is 10.6 Å². The van der Waals surface area contributed by atoms with Crippen LogP contribution in [0, 0.1) is 0 Å². The Balaban J connectivity index is 1.26. The number of benzene rings is 3. The number of esters is 1. The maximum absolute atomic E-state index is 13.8. The van der Waals surface area contributed by atoms with Gasteiger partial charge in [0.2, 0.25) is 17.7 Å². The van der Waals surface area contributed by atoms with Crippen LogP contribution in [0.4, 0.5) is 17.1 Å². The van der Waals surface area contributed by atoms with Crippen molar-refractivity contribution in [3.63, 3.8) is 0 Å². The number of nitrogens with one attached hydrogen (secondary N) is 3. The van der Waals surface area contributed by atoms with Gasteiger partial charge in [0.15, 0.2) is 11.5 Å². The molecule has 0 bridgehead atoms. The van der Waals surface area contributed by atoms with Crippen molar-refractivity contribution in [2.75, 3.05) is 30.7 Å². The highest BCUT2D eigenvalue weighted by Crippen LogP contribution is 2.41. The molecule has 0 spiro atoms. The molecule has 3 aromatic carbocycles. The fourth-order valence-corrected chi connectivity index (χ4v) is 6.57. The van der Waals surface area contributed by atoms with E-state index in [1.54, 1.807) is 35.4 Å². The largest absolute Gasteiger partial charge is 0.493 e.